The average Bonchev–Trinajstić information content (AvgIpc) is 2.49. The smallest absolute Gasteiger partial charge is 0.162 e. The molecule has 0 fully saturated rings. The summed E-state index contributed by atoms with van der Waals surface area (Å²) in [5, 5.41) is 4.54. The molecule has 2 aromatic carbocycles. The number of benzene rings is 2. The number of methoxy groups -OCH3 is 1. The Balaban J connectivity index is 2.21. The fourth-order valence-corrected chi connectivity index (χ4v) is 2.86. The van der Waals surface area contributed by atoms with Crippen LogP contribution in [0.25, 0.3) is 0 Å². The number of ether oxygens (including phenoxy) is 2. The van der Waals surface area contributed by atoms with Crippen molar-refractivity contribution in [3.63, 3.8) is 0 Å². The molecule has 0 saturated heterocycles. The van der Waals surface area contributed by atoms with Crippen LogP contribution in [0.1, 0.15) is 19.4 Å². The third-order valence-corrected chi connectivity index (χ3v) is 4.40. The van der Waals surface area contributed by atoms with Crippen molar-refractivity contribution in [2.24, 2.45) is 0 Å². The maximum atomic E-state index is 6.17. The van der Waals surface area contributed by atoms with Crippen LogP contribution < -0.4 is 14.8 Å². The second-order valence-electron chi connectivity index (χ2n) is 5.24. The van der Waals surface area contributed by atoms with E-state index in [1.54, 1.807) is 25.3 Å². The fraction of sp³-hybridized carbons (Fsp3) is 0.294. The minimum absolute atomic E-state index is 0.0741. The first-order valence-corrected chi connectivity index (χ1v) is 8.67. The van der Waals surface area contributed by atoms with Crippen LogP contribution in [0, 0.1) is 0 Å². The van der Waals surface area contributed by atoms with Gasteiger partial charge in [0.25, 0.3) is 0 Å². The van der Waals surface area contributed by atoms with Gasteiger partial charge in [-0.15, -0.1) is 0 Å². The Morgan fingerprint density at radius 1 is 1.13 bits per heavy atom. The molecule has 0 amide bonds. The predicted octanol–water partition coefficient (Wildman–Crippen LogP) is 6.16. The van der Waals surface area contributed by atoms with Gasteiger partial charge >= 0.3 is 0 Å². The minimum atomic E-state index is 0.0741. The number of hydrogen-bond donors (Lipinski definition) is 1. The van der Waals surface area contributed by atoms with Gasteiger partial charge in [0.05, 0.1) is 23.9 Å². The predicted molar refractivity (Wildman–Crippen MR) is 100 cm³/mol. The second-order valence-corrected chi connectivity index (χ2v) is 6.94. The summed E-state index contributed by atoms with van der Waals surface area (Å²) < 4.78 is 12.1. The summed E-state index contributed by atoms with van der Waals surface area (Å²) in [4.78, 5) is 0. The maximum Gasteiger partial charge on any atom is 0.162 e. The normalized spacial score (nSPS) is 10.7. The zero-order chi connectivity index (χ0) is 17.0. The molecule has 1 N–H and O–H groups in total. The quantitative estimate of drug-likeness (QED) is 0.608. The zero-order valence-corrected chi connectivity index (χ0v) is 16.2. The summed E-state index contributed by atoms with van der Waals surface area (Å²) in [6.07, 6.45) is 0.0741. The van der Waals surface area contributed by atoms with Gasteiger partial charge in [0, 0.05) is 16.0 Å². The van der Waals surface area contributed by atoms with Crippen LogP contribution in [-0.4, -0.2) is 13.2 Å². The van der Waals surface area contributed by atoms with Crippen molar-refractivity contribution >= 4 is 44.8 Å². The van der Waals surface area contributed by atoms with Crippen LogP contribution in [-0.2, 0) is 6.54 Å². The topological polar surface area (TPSA) is 30.5 Å². The summed E-state index contributed by atoms with van der Waals surface area (Å²) in [5.41, 5.74) is 1.81. The third kappa shape index (κ3) is 4.93. The molecule has 0 radical (unpaired) electrons. The van der Waals surface area contributed by atoms with Crippen LogP contribution in [0.3, 0.4) is 0 Å². The molecule has 0 atom stereocenters. The Hall–Kier alpha value is -1.10. The lowest BCUT2D eigenvalue weighted by molar-refractivity contribution is 0.230. The van der Waals surface area contributed by atoms with E-state index in [4.69, 9.17) is 32.7 Å². The van der Waals surface area contributed by atoms with Gasteiger partial charge in [-0.2, -0.15) is 0 Å². The van der Waals surface area contributed by atoms with Crippen LogP contribution in [0.5, 0.6) is 11.5 Å². The summed E-state index contributed by atoms with van der Waals surface area (Å²) in [6.45, 7) is 4.52. The van der Waals surface area contributed by atoms with Crippen molar-refractivity contribution in [3.8, 4) is 11.5 Å². The van der Waals surface area contributed by atoms with Gasteiger partial charge in [0.15, 0.2) is 11.5 Å². The second kappa shape index (κ2) is 8.13. The first-order valence-electron chi connectivity index (χ1n) is 7.12. The van der Waals surface area contributed by atoms with Gasteiger partial charge < -0.3 is 14.8 Å². The molecule has 6 heteroatoms. The molecule has 23 heavy (non-hydrogen) atoms. The fourth-order valence-electron chi connectivity index (χ4n) is 2.04. The molecule has 0 spiro atoms. The molecule has 0 unspecified atom stereocenters. The summed E-state index contributed by atoms with van der Waals surface area (Å²) in [6, 6.07) is 9.17. The molecule has 0 aliphatic carbocycles. The zero-order valence-electron chi connectivity index (χ0n) is 13.1. The Bertz CT molecular complexity index is 693. The molecule has 2 rings (SSSR count). The molecule has 0 heterocycles. The first kappa shape index (κ1) is 18.2. The van der Waals surface area contributed by atoms with E-state index in [-0.39, 0.29) is 6.10 Å². The first-order chi connectivity index (χ1) is 10.9. The van der Waals surface area contributed by atoms with Gasteiger partial charge in [-0.05, 0) is 49.7 Å². The van der Waals surface area contributed by atoms with Crippen molar-refractivity contribution in [2.75, 3.05) is 12.4 Å². The van der Waals surface area contributed by atoms with Gasteiger partial charge in [-0.1, -0.05) is 39.1 Å². The molecule has 0 saturated carbocycles. The highest BCUT2D eigenvalue weighted by Gasteiger charge is 2.12. The molecule has 0 aliphatic heterocycles. The third-order valence-electron chi connectivity index (χ3n) is 3.09. The Morgan fingerprint density at radius 3 is 2.52 bits per heavy atom. The highest BCUT2D eigenvalue weighted by Crippen LogP contribution is 2.35. The lowest BCUT2D eigenvalue weighted by atomic mass is 10.2. The highest BCUT2D eigenvalue weighted by molar-refractivity contribution is 9.10. The van der Waals surface area contributed by atoms with E-state index in [1.807, 2.05) is 26.0 Å². The van der Waals surface area contributed by atoms with Crippen LogP contribution in [0.2, 0.25) is 10.0 Å². The highest BCUT2D eigenvalue weighted by atomic mass is 79.9. The number of halogens is 3. The van der Waals surface area contributed by atoms with E-state index in [9.17, 15) is 0 Å². The minimum Gasteiger partial charge on any atom is -0.493 e. The van der Waals surface area contributed by atoms with Gasteiger partial charge in [-0.25, -0.2) is 0 Å². The number of rotatable bonds is 6. The van der Waals surface area contributed by atoms with Crippen molar-refractivity contribution in [1.29, 1.82) is 0 Å². The Kier molecular flexibility index (Phi) is 6.45. The number of nitrogens with one attached hydrogen (secondary N) is 1. The SMILES string of the molecule is COc1cc(CNc2cc(Cl)ccc2Cl)c(Br)cc1OC(C)C. The van der Waals surface area contributed by atoms with E-state index in [0.717, 1.165) is 15.7 Å². The van der Waals surface area contributed by atoms with E-state index < -0.39 is 0 Å². The molecular formula is C17H18BrCl2NO2. The maximum absolute atomic E-state index is 6.17. The monoisotopic (exact) mass is 417 g/mol. The van der Waals surface area contributed by atoms with Crippen molar-refractivity contribution < 1.29 is 9.47 Å². The van der Waals surface area contributed by atoms with Crippen LogP contribution >= 0.6 is 39.1 Å². The molecule has 3 nitrogen and oxygen atoms in total. The van der Waals surface area contributed by atoms with Gasteiger partial charge in [0.1, 0.15) is 0 Å². The average molecular weight is 419 g/mol. The Morgan fingerprint density at radius 2 is 1.87 bits per heavy atom. The van der Waals surface area contributed by atoms with Crippen molar-refractivity contribution in [1.82, 2.24) is 0 Å². The molecule has 124 valence electrons. The largest absolute Gasteiger partial charge is 0.493 e. The van der Waals surface area contributed by atoms with Crippen molar-refractivity contribution in [3.05, 3.63) is 50.4 Å². The Labute approximate surface area is 155 Å². The van der Waals surface area contributed by atoms with E-state index in [2.05, 4.69) is 21.2 Å². The summed E-state index contributed by atoms with van der Waals surface area (Å²) in [7, 11) is 1.63. The van der Waals surface area contributed by atoms with Gasteiger partial charge in [0.2, 0.25) is 0 Å². The molecular weight excluding hydrogens is 401 g/mol. The molecule has 2 aromatic rings. The van der Waals surface area contributed by atoms with Crippen LogP contribution in [0.4, 0.5) is 5.69 Å². The van der Waals surface area contributed by atoms with Gasteiger partial charge in [-0.3, -0.25) is 0 Å². The summed E-state index contributed by atoms with van der Waals surface area (Å²) in [5.74, 6) is 1.40. The summed E-state index contributed by atoms with van der Waals surface area (Å²) >= 11 is 15.7. The van der Waals surface area contributed by atoms with E-state index in [0.29, 0.717) is 28.1 Å². The molecule has 0 aliphatic rings. The number of anilines is 1. The van der Waals surface area contributed by atoms with E-state index in [1.165, 1.54) is 0 Å². The van der Waals surface area contributed by atoms with Crippen molar-refractivity contribution in [2.45, 2.75) is 26.5 Å². The molecule has 0 aromatic heterocycles. The van der Waals surface area contributed by atoms with E-state index >= 15 is 0 Å². The molecule has 0 bridgehead atoms. The lowest BCUT2D eigenvalue weighted by Crippen LogP contribution is -2.08. The standard InChI is InChI=1S/C17H18BrCl2NO2/c1-10(2)23-17-8-13(18)11(6-16(17)22-3)9-21-15-7-12(19)4-5-14(15)20/h4-8,10,21H,9H2,1-3H3. The number of hydrogen-bond acceptors (Lipinski definition) is 3. The lowest BCUT2D eigenvalue weighted by Gasteiger charge is -2.17. The van der Waals surface area contributed by atoms with Crippen LogP contribution in [0.15, 0.2) is 34.8 Å².